The molecule has 0 saturated heterocycles. The van der Waals surface area contributed by atoms with Crippen molar-refractivity contribution in [3.8, 4) is 0 Å². The van der Waals surface area contributed by atoms with Gasteiger partial charge in [0.15, 0.2) is 6.10 Å². The third-order valence-corrected chi connectivity index (χ3v) is 5.87. The number of rotatable bonds is 25. The molecule has 33 heavy (non-hydrogen) atoms. The molecule has 0 fully saturated rings. The molecule has 8 heteroatoms. The van der Waals surface area contributed by atoms with E-state index in [9.17, 15) is 14.2 Å². The van der Waals surface area contributed by atoms with Crippen LogP contribution in [0.25, 0.3) is 0 Å². The Morgan fingerprint density at radius 3 is 1.70 bits per heavy atom. The lowest BCUT2D eigenvalue weighted by atomic mass is 10.1. The minimum absolute atomic E-state index is 0.0680. The van der Waals surface area contributed by atoms with E-state index in [-0.39, 0.29) is 25.2 Å². The first-order valence-corrected chi connectivity index (χ1v) is 13.9. The minimum Gasteiger partial charge on any atom is -0.462 e. The van der Waals surface area contributed by atoms with Crippen molar-refractivity contribution in [1.82, 2.24) is 0 Å². The van der Waals surface area contributed by atoms with Crippen molar-refractivity contribution in [3.63, 3.8) is 0 Å². The molecule has 0 spiro atoms. The van der Waals surface area contributed by atoms with Crippen molar-refractivity contribution in [1.29, 1.82) is 0 Å². The summed E-state index contributed by atoms with van der Waals surface area (Å²) in [6, 6.07) is 0. The smallest absolute Gasteiger partial charge is 0.327 e. The fourth-order valence-electron chi connectivity index (χ4n) is 3.61. The fourth-order valence-corrected chi connectivity index (χ4v) is 3.84. The zero-order valence-corrected chi connectivity index (χ0v) is 21.8. The summed E-state index contributed by atoms with van der Waals surface area (Å²) in [6.07, 6.45) is 18.2. The zero-order valence-electron chi connectivity index (χ0n) is 20.9. The predicted molar refractivity (Wildman–Crippen MR) is 132 cm³/mol. The molecule has 0 rings (SSSR count). The average molecular weight is 490 g/mol. The largest absolute Gasteiger partial charge is 0.462 e. The molecule has 0 amide bonds. The van der Waals surface area contributed by atoms with Crippen LogP contribution >= 0.6 is 8.69 Å². The summed E-state index contributed by atoms with van der Waals surface area (Å²) in [6.45, 7) is 2.79. The van der Waals surface area contributed by atoms with Crippen molar-refractivity contribution in [2.24, 2.45) is 5.73 Å². The van der Waals surface area contributed by atoms with E-state index in [1.54, 1.807) is 0 Å². The van der Waals surface area contributed by atoms with Crippen molar-refractivity contribution >= 4 is 20.6 Å². The number of esters is 2. The third kappa shape index (κ3) is 23.9. The molecular weight excluding hydrogens is 441 g/mol. The van der Waals surface area contributed by atoms with Gasteiger partial charge in [-0.3, -0.25) is 14.1 Å². The van der Waals surface area contributed by atoms with Crippen molar-refractivity contribution in [3.05, 3.63) is 0 Å². The maximum atomic E-state index is 12.1. The van der Waals surface area contributed by atoms with Gasteiger partial charge < -0.3 is 15.2 Å². The highest BCUT2D eigenvalue weighted by Crippen LogP contribution is 2.13. The highest BCUT2D eigenvalue weighted by molar-refractivity contribution is 7.17. The molecule has 0 aliphatic rings. The van der Waals surface area contributed by atoms with Gasteiger partial charge in [0.1, 0.15) is 13.2 Å². The third-order valence-electron chi connectivity index (χ3n) is 5.61. The summed E-state index contributed by atoms with van der Waals surface area (Å²) in [5.41, 5.74) is 5.46. The van der Waals surface area contributed by atoms with Crippen LogP contribution in [0.15, 0.2) is 0 Å². The van der Waals surface area contributed by atoms with Gasteiger partial charge in [0.2, 0.25) is 0 Å². The van der Waals surface area contributed by atoms with Crippen LogP contribution in [-0.2, 0) is 28.2 Å². The van der Waals surface area contributed by atoms with E-state index < -0.39 is 14.8 Å². The molecule has 0 aromatic heterocycles. The van der Waals surface area contributed by atoms with Crippen molar-refractivity contribution in [2.45, 2.75) is 129 Å². The lowest BCUT2D eigenvalue weighted by Crippen LogP contribution is -2.28. The van der Waals surface area contributed by atoms with Gasteiger partial charge in [-0.2, -0.15) is 0 Å². The normalized spacial score (nSPS) is 12.1. The maximum absolute atomic E-state index is 12.1. The molecule has 0 radical (unpaired) electrons. The van der Waals surface area contributed by atoms with Crippen LogP contribution in [0, 0.1) is 0 Å². The molecule has 0 aromatic carbocycles. The molecule has 0 saturated carbocycles. The molecule has 0 unspecified atom stereocenters. The second-order valence-electron chi connectivity index (χ2n) is 8.76. The Labute approximate surface area is 203 Å². The molecule has 1 atom stereocenters. The van der Waals surface area contributed by atoms with Gasteiger partial charge in [-0.25, -0.2) is 4.57 Å². The van der Waals surface area contributed by atoms with Crippen LogP contribution in [0.3, 0.4) is 0 Å². The van der Waals surface area contributed by atoms with Gasteiger partial charge in [0.25, 0.3) is 0 Å². The second kappa shape index (κ2) is 25.6. The van der Waals surface area contributed by atoms with E-state index in [0.717, 1.165) is 51.4 Å². The first-order chi connectivity index (χ1) is 16.1. The summed E-state index contributed by atoms with van der Waals surface area (Å²) in [5, 5.41) is 0. The van der Waals surface area contributed by atoms with E-state index in [4.69, 9.17) is 19.7 Å². The summed E-state index contributed by atoms with van der Waals surface area (Å²) < 4.78 is 26.0. The molecular formula is C25H48NO6P. The Hall–Kier alpha value is -1.04. The number of carbonyl (C=O) groups is 2. The quantitative estimate of drug-likeness (QED) is 0.0867. The van der Waals surface area contributed by atoms with Crippen LogP contribution in [0.1, 0.15) is 122 Å². The second-order valence-corrected chi connectivity index (χ2v) is 9.16. The summed E-state index contributed by atoms with van der Waals surface area (Å²) in [7, 11) is -0.493. The van der Waals surface area contributed by atoms with E-state index in [1.165, 1.54) is 51.4 Å². The van der Waals surface area contributed by atoms with E-state index in [1.807, 2.05) is 0 Å². The predicted octanol–water partition coefficient (Wildman–Crippen LogP) is 6.67. The standard InChI is InChI=1S/C25H48NO6P/c1-2-3-4-5-6-7-8-9-10-12-16-19-25(28)32-23(22-31-33-29)21-30-24(27)18-15-13-11-14-17-20-26/h23H,2-22,26H2,1H3/t23-/m1/s1. The number of hydrogen-bond donors (Lipinski definition) is 1. The molecule has 0 bridgehead atoms. The summed E-state index contributed by atoms with van der Waals surface area (Å²) in [5.74, 6) is -0.655. The van der Waals surface area contributed by atoms with Crippen molar-refractivity contribution < 1.29 is 28.2 Å². The minimum atomic E-state index is -0.736. The Bertz CT molecular complexity index is 478. The van der Waals surface area contributed by atoms with Gasteiger partial charge >= 0.3 is 20.6 Å². The first kappa shape index (κ1) is 32.0. The molecule has 0 aromatic rings. The van der Waals surface area contributed by atoms with Gasteiger partial charge in [0.05, 0.1) is 0 Å². The van der Waals surface area contributed by atoms with Crippen LogP contribution < -0.4 is 5.73 Å². The zero-order chi connectivity index (χ0) is 24.4. The van der Waals surface area contributed by atoms with Gasteiger partial charge in [-0.15, -0.1) is 0 Å². The molecule has 194 valence electrons. The van der Waals surface area contributed by atoms with E-state index in [2.05, 4.69) is 6.92 Å². The first-order valence-electron chi connectivity index (χ1n) is 13.1. The summed E-state index contributed by atoms with van der Waals surface area (Å²) >= 11 is 0. The summed E-state index contributed by atoms with van der Waals surface area (Å²) in [4.78, 5) is 24.0. The van der Waals surface area contributed by atoms with Gasteiger partial charge in [0, 0.05) is 12.8 Å². The molecule has 0 aliphatic carbocycles. The SMILES string of the molecule is CCCCCCCCCCCCCC(=O)O[C@@H](COP=O)COC(=O)CCCCCCCN. The lowest BCUT2D eigenvalue weighted by Gasteiger charge is -2.16. The van der Waals surface area contributed by atoms with Crippen LogP contribution in [0.5, 0.6) is 0 Å². The number of nitrogens with two attached hydrogens (primary N) is 1. The van der Waals surface area contributed by atoms with Crippen LogP contribution in [0.4, 0.5) is 0 Å². The molecule has 2 N–H and O–H groups in total. The number of ether oxygens (including phenoxy) is 2. The van der Waals surface area contributed by atoms with Gasteiger partial charge in [-0.1, -0.05) is 90.4 Å². The lowest BCUT2D eigenvalue weighted by molar-refractivity contribution is -0.160. The fraction of sp³-hybridized carbons (Fsp3) is 0.920. The maximum Gasteiger partial charge on any atom is 0.327 e. The Morgan fingerprint density at radius 2 is 1.18 bits per heavy atom. The number of hydrogen-bond acceptors (Lipinski definition) is 7. The molecule has 0 aliphatic heterocycles. The Balaban J connectivity index is 3.84. The molecule has 7 nitrogen and oxygen atoms in total. The number of carbonyl (C=O) groups excluding carboxylic acids is 2. The Kier molecular flexibility index (Phi) is 24.8. The van der Waals surface area contributed by atoms with E-state index >= 15 is 0 Å². The van der Waals surface area contributed by atoms with Crippen LogP contribution in [-0.4, -0.2) is 37.8 Å². The van der Waals surface area contributed by atoms with E-state index in [0.29, 0.717) is 19.4 Å². The highest BCUT2D eigenvalue weighted by Gasteiger charge is 2.17. The molecule has 0 heterocycles. The average Bonchev–Trinajstić information content (AvgIpc) is 2.81. The van der Waals surface area contributed by atoms with Crippen molar-refractivity contribution in [2.75, 3.05) is 19.8 Å². The van der Waals surface area contributed by atoms with Gasteiger partial charge in [-0.05, 0) is 25.8 Å². The highest BCUT2D eigenvalue weighted by atomic mass is 31.1. The Morgan fingerprint density at radius 1 is 0.697 bits per heavy atom. The topological polar surface area (TPSA) is 105 Å². The number of unbranched alkanes of at least 4 members (excludes halogenated alkanes) is 14. The van der Waals surface area contributed by atoms with Crippen LogP contribution in [0.2, 0.25) is 0 Å². The monoisotopic (exact) mass is 489 g/mol.